The van der Waals surface area contributed by atoms with Crippen LogP contribution in [0, 0.1) is 0 Å². The molecule has 0 bridgehead atoms. The van der Waals surface area contributed by atoms with Gasteiger partial charge in [0.25, 0.3) is 0 Å². The minimum atomic E-state index is 0.105. The maximum absolute atomic E-state index is 5.58. The predicted octanol–water partition coefficient (Wildman–Crippen LogP) is 5.21. The summed E-state index contributed by atoms with van der Waals surface area (Å²) in [6.07, 6.45) is 1.51. The summed E-state index contributed by atoms with van der Waals surface area (Å²) >= 11 is 0. The average molecular weight is 385 g/mol. The van der Waals surface area contributed by atoms with E-state index in [-0.39, 0.29) is 5.41 Å². The largest absolute Gasteiger partial charge is 0.497 e. The van der Waals surface area contributed by atoms with Crippen LogP contribution in [0.15, 0.2) is 78.9 Å². The lowest BCUT2D eigenvalue weighted by atomic mass is 9.81. The van der Waals surface area contributed by atoms with E-state index >= 15 is 0 Å². The highest BCUT2D eigenvalue weighted by Gasteiger charge is 2.54. The smallest absolute Gasteiger partial charge is 0.119 e. The van der Waals surface area contributed by atoms with E-state index in [1.165, 1.54) is 22.4 Å². The highest BCUT2D eigenvalue weighted by atomic mass is 16.5. The Kier molecular flexibility index (Phi) is 4.56. The molecule has 3 nitrogen and oxygen atoms in total. The zero-order valence-electron chi connectivity index (χ0n) is 17.2. The lowest BCUT2D eigenvalue weighted by molar-refractivity contribution is 0.208. The van der Waals surface area contributed by atoms with Gasteiger partial charge < -0.3 is 9.64 Å². The second-order valence-electron chi connectivity index (χ2n) is 8.49. The molecule has 1 fully saturated rings. The second kappa shape index (κ2) is 7.23. The number of likely N-dealkylation sites (tertiary alicyclic amines) is 1. The van der Waals surface area contributed by atoms with E-state index in [0.717, 1.165) is 31.8 Å². The van der Waals surface area contributed by atoms with Crippen molar-refractivity contribution in [3.63, 3.8) is 0 Å². The molecule has 2 aliphatic heterocycles. The third-order valence-corrected chi connectivity index (χ3v) is 6.68. The zero-order chi connectivity index (χ0) is 19.8. The molecule has 2 atom stereocenters. The molecule has 2 heterocycles. The van der Waals surface area contributed by atoms with E-state index in [4.69, 9.17) is 4.74 Å². The Bertz CT molecular complexity index is 988. The van der Waals surface area contributed by atoms with E-state index in [0.29, 0.717) is 6.17 Å². The van der Waals surface area contributed by atoms with Crippen LogP contribution in [0.4, 0.5) is 5.69 Å². The summed E-state index contributed by atoms with van der Waals surface area (Å²) < 4.78 is 5.58. The van der Waals surface area contributed by atoms with Crippen LogP contribution < -0.4 is 9.64 Å². The number of nitrogens with zero attached hydrogens (tertiary/aromatic N) is 2. The molecule has 0 amide bonds. The first-order chi connectivity index (χ1) is 14.2. The van der Waals surface area contributed by atoms with Crippen molar-refractivity contribution >= 4 is 5.69 Å². The summed E-state index contributed by atoms with van der Waals surface area (Å²) in [7, 11) is 1.76. The predicted molar refractivity (Wildman–Crippen MR) is 118 cm³/mol. The molecule has 3 aromatic carbocycles. The summed E-state index contributed by atoms with van der Waals surface area (Å²) in [6.45, 7) is 5.45. The molecular weight excluding hydrogens is 356 g/mol. The molecule has 0 spiro atoms. The Balaban J connectivity index is 1.55. The average Bonchev–Trinajstić information content (AvgIpc) is 3.21. The molecule has 0 N–H and O–H groups in total. The van der Waals surface area contributed by atoms with Crippen LogP contribution in [0.25, 0.3) is 0 Å². The maximum Gasteiger partial charge on any atom is 0.119 e. The van der Waals surface area contributed by atoms with Gasteiger partial charge in [0.2, 0.25) is 0 Å². The SMILES string of the molecule is COc1ccc2c(c1)[C@]1(C)CCN(Cc3ccccc3)C1N2Cc1ccccc1. The van der Waals surface area contributed by atoms with Crippen molar-refractivity contribution < 1.29 is 4.74 Å². The molecule has 148 valence electrons. The van der Waals surface area contributed by atoms with Crippen molar-refractivity contribution in [2.24, 2.45) is 0 Å². The van der Waals surface area contributed by atoms with Gasteiger partial charge in [-0.3, -0.25) is 4.90 Å². The third-order valence-electron chi connectivity index (χ3n) is 6.68. The van der Waals surface area contributed by atoms with Crippen LogP contribution in [0.2, 0.25) is 0 Å². The Morgan fingerprint density at radius 3 is 2.21 bits per heavy atom. The molecule has 0 saturated carbocycles. The number of fused-ring (bicyclic) bond motifs is 3. The number of benzene rings is 3. The summed E-state index contributed by atoms with van der Waals surface area (Å²) in [4.78, 5) is 5.27. The van der Waals surface area contributed by atoms with Crippen LogP contribution in [0.1, 0.15) is 30.0 Å². The minimum absolute atomic E-state index is 0.105. The Morgan fingerprint density at radius 2 is 1.55 bits per heavy atom. The van der Waals surface area contributed by atoms with E-state index in [2.05, 4.69) is 95.6 Å². The molecule has 0 radical (unpaired) electrons. The molecule has 1 saturated heterocycles. The van der Waals surface area contributed by atoms with Gasteiger partial charge >= 0.3 is 0 Å². The molecule has 0 aromatic heterocycles. The summed E-state index contributed by atoms with van der Waals surface area (Å²) in [6, 6.07) is 28.3. The highest BCUT2D eigenvalue weighted by molar-refractivity contribution is 5.66. The second-order valence-corrected chi connectivity index (χ2v) is 8.49. The summed E-state index contributed by atoms with van der Waals surface area (Å²) in [5, 5.41) is 0. The minimum Gasteiger partial charge on any atom is -0.497 e. The third kappa shape index (κ3) is 3.10. The molecule has 29 heavy (non-hydrogen) atoms. The Morgan fingerprint density at radius 1 is 0.897 bits per heavy atom. The topological polar surface area (TPSA) is 15.7 Å². The standard InChI is InChI=1S/C26H28N2O/c1-26-15-16-27(18-20-9-5-3-6-10-20)25(26)28(19-21-11-7-4-8-12-21)24-14-13-22(29-2)17-23(24)26/h3-14,17,25H,15-16,18-19H2,1-2H3/t25?,26-/m0/s1. The van der Waals surface area contributed by atoms with Crippen molar-refractivity contribution in [2.75, 3.05) is 18.6 Å². The fraction of sp³-hybridized carbons (Fsp3) is 0.308. The van der Waals surface area contributed by atoms with Crippen molar-refractivity contribution in [1.29, 1.82) is 0 Å². The van der Waals surface area contributed by atoms with Gasteiger partial charge in [-0.25, -0.2) is 0 Å². The van der Waals surface area contributed by atoms with Gasteiger partial charge in [0.1, 0.15) is 5.75 Å². The van der Waals surface area contributed by atoms with Gasteiger partial charge in [-0.2, -0.15) is 0 Å². The number of ether oxygens (including phenoxy) is 1. The lowest BCUT2D eigenvalue weighted by Crippen LogP contribution is -2.48. The summed E-state index contributed by atoms with van der Waals surface area (Å²) in [5.41, 5.74) is 5.61. The molecule has 2 aliphatic rings. The fourth-order valence-corrected chi connectivity index (χ4v) is 5.26. The molecule has 1 unspecified atom stereocenters. The lowest BCUT2D eigenvalue weighted by Gasteiger charge is -2.37. The molecule has 5 rings (SSSR count). The van der Waals surface area contributed by atoms with Gasteiger partial charge in [-0.15, -0.1) is 0 Å². The van der Waals surface area contributed by atoms with Gasteiger partial charge in [0.05, 0.1) is 13.3 Å². The normalized spacial score (nSPS) is 23.1. The molecule has 0 aliphatic carbocycles. The van der Waals surface area contributed by atoms with Gasteiger partial charge in [0, 0.05) is 30.7 Å². The van der Waals surface area contributed by atoms with E-state index in [9.17, 15) is 0 Å². The number of anilines is 1. The number of rotatable bonds is 5. The van der Waals surface area contributed by atoms with Crippen LogP contribution in [0.5, 0.6) is 5.75 Å². The Labute approximate surface area is 173 Å². The Hall–Kier alpha value is -2.78. The number of methoxy groups -OCH3 is 1. The molecular formula is C26H28N2O. The quantitative estimate of drug-likeness (QED) is 0.601. The van der Waals surface area contributed by atoms with Gasteiger partial charge in [-0.1, -0.05) is 67.6 Å². The zero-order valence-corrected chi connectivity index (χ0v) is 17.2. The van der Waals surface area contributed by atoms with Crippen LogP contribution in [-0.2, 0) is 18.5 Å². The first-order valence-electron chi connectivity index (χ1n) is 10.5. The first kappa shape index (κ1) is 18.3. The van der Waals surface area contributed by atoms with E-state index < -0.39 is 0 Å². The van der Waals surface area contributed by atoms with Crippen molar-refractivity contribution in [2.45, 2.75) is 38.0 Å². The van der Waals surface area contributed by atoms with Crippen LogP contribution in [-0.4, -0.2) is 24.7 Å². The van der Waals surface area contributed by atoms with Crippen molar-refractivity contribution in [3.8, 4) is 5.75 Å². The van der Waals surface area contributed by atoms with Gasteiger partial charge in [0.15, 0.2) is 0 Å². The van der Waals surface area contributed by atoms with E-state index in [1.54, 1.807) is 7.11 Å². The monoisotopic (exact) mass is 384 g/mol. The number of hydrogen-bond donors (Lipinski definition) is 0. The molecule has 3 aromatic rings. The number of hydrogen-bond acceptors (Lipinski definition) is 3. The maximum atomic E-state index is 5.58. The fourth-order valence-electron chi connectivity index (χ4n) is 5.26. The molecule has 3 heteroatoms. The van der Waals surface area contributed by atoms with Crippen molar-refractivity contribution in [3.05, 3.63) is 95.6 Å². The van der Waals surface area contributed by atoms with Crippen molar-refractivity contribution in [1.82, 2.24) is 4.90 Å². The summed E-state index contributed by atoms with van der Waals surface area (Å²) in [5.74, 6) is 0.951. The van der Waals surface area contributed by atoms with Crippen LogP contribution in [0.3, 0.4) is 0 Å². The highest BCUT2D eigenvalue weighted by Crippen LogP contribution is 2.53. The van der Waals surface area contributed by atoms with Gasteiger partial charge in [-0.05, 0) is 41.3 Å². The first-order valence-corrected chi connectivity index (χ1v) is 10.5. The van der Waals surface area contributed by atoms with E-state index in [1.807, 2.05) is 0 Å². The van der Waals surface area contributed by atoms with Crippen LogP contribution >= 0.6 is 0 Å².